The maximum Gasteiger partial charge on any atom is 0.291 e. The zero-order valence-corrected chi connectivity index (χ0v) is 20.7. The summed E-state index contributed by atoms with van der Waals surface area (Å²) in [5.41, 5.74) is 4.44. The molecule has 9 heteroatoms. The van der Waals surface area contributed by atoms with Gasteiger partial charge in [0.25, 0.3) is 5.91 Å². The molecule has 0 unspecified atom stereocenters. The Labute approximate surface area is 217 Å². The molecule has 6 rings (SSSR count). The molecule has 1 amide bonds. The normalized spacial score (nSPS) is 11.4. The number of rotatable bonds is 8. The van der Waals surface area contributed by atoms with Crippen LogP contribution >= 0.6 is 11.6 Å². The van der Waals surface area contributed by atoms with Crippen LogP contribution in [0.15, 0.2) is 85.3 Å². The molecule has 184 valence electrons. The highest BCUT2D eigenvalue weighted by Gasteiger charge is 2.19. The number of carbonyl (C=O) groups excluding carboxylic acids is 1. The molecule has 2 N–H and O–H groups in total. The Morgan fingerprint density at radius 2 is 1.89 bits per heavy atom. The molecule has 0 fully saturated rings. The number of imidazole rings is 1. The lowest BCUT2D eigenvalue weighted by atomic mass is 10.2. The van der Waals surface area contributed by atoms with Gasteiger partial charge in [0.1, 0.15) is 12.2 Å². The lowest BCUT2D eigenvalue weighted by molar-refractivity contribution is 0.101. The van der Waals surface area contributed by atoms with Gasteiger partial charge in [0.05, 0.1) is 11.0 Å². The Bertz CT molecular complexity index is 1690. The summed E-state index contributed by atoms with van der Waals surface area (Å²) in [6.07, 6.45) is 5.38. The van der Waals surface area contributed by atoms with Crippen LogP contribution in [0.1, 0.15) is 28.4 Å². The first-order valence-electron chi connectivity index (χ1n) is 12.1. The highest BCUT2D eigenvalue weighted by Crippen LogP contribution is 2.25. The van der Waals surface area contributed by atoms with Gasteiger partial charge in [-0.15, -0.1) is 0 Å². The molecule has 0 saturated heterocycles. The summed E-state index contributed by atoms with van der Waals surface area (Å²) in [6, 6.07) is 23.5. The van der Waals surface area contributed by atoms with Crippen molar-refractivity contribution in [3.63, 3.8) is 0 Å². The number of fused-ring (bicyclic) bond motifs is 2. The van der Waals surface area contributed by atoms with Gasteiger partial charge in [0.2, 0.25) is 5.82 Å². The van der Waals surface area contributed by atoms with Crippen LogP contribution in [0, 0.1) is 0 Å². The van der Waals surface area contributed by atoms with E-state index in [2.05, 4.69) is 42.3 Å². The largest absolute Gasteiger partial charge is 0.347 e. The van der Waals surface area contributed by atoms with Crippen molar-refractivity contribution in [3.8, 4) is 0 Å². The van der Waals surface area contributed by atoms with E-state index >= 15 is 0 Å². The van der Waals surface area contributed by atoms with Crippen LogP contribution in [0.2, 0.25) is 5.02 Å². The minimum absolute atomic E-state index is 0.269. The molecular formula is C28H24ClN7O. The fourth-order valence-electron chi connectivity index (χ4n) is 4.62. The number of aryl methyl sites for hydroxylation is 2. The maximum atomic E-state index is 13.4. The maximum absolute atomic E-state index is 13.4. The van der Waals surface area contributed by atoms with Gasteiger partial charge in [-0.25, -0.2) is 9.97 Å². The second-order valence-corrected chi connectivity index (χ2v) is 9.35. The molecule has 3 heterocycles. The highest BCUT2D eigenvalue weighted by atomic mass is 35.5. The third kappa shape index (κ3) is 4.83. The zero-order chi connectivity index (χ0) is 25.2. The van der Waals surface area contributed by atoms with Crippen molar-refractivity contribution in [1.29, 1.82) is 0 Å². The van der Waals surface area contributed by atoms with Crippen molar-refractivity contribution < 1.29 is 4.79 Å². The third-order valence-corrected chi connectivity index (χ3v) is 6.64. The fourth-order valence-corrected chi connectivity index (χ4v) is 4.79. The number of nitrogens with one attached hydrogen (secondary N) is 2. The van der Waals surface area contributed by atoms with Crippen LogP contribution in [-0.4, -0.2) is 35.2 Å². The van der Waals surface area contributed by atoms with E-state index in [-0.39, 0.29) is 5.91 Å². The van der Waals surface area contributed by atoms with Crippen LogP contribution in [0.3, 0.4) is 0 Å². The number of aromatic nitrogens is 6. The number of anilines is 1. The number of hydrogen-bond donors (Lipinski definition) is 2. The van der Waals surface area contributed by atoms with Crippen LogP contribution in [0.25, 0.3) is 21.9 Å². The van der Waals surface area contributed by atoms with Gasteiger partial charge >= 0.3 is 0 Å². The summed E-state index contributed by atoms with van der Waals surface area (Å²) in [7, 11) is 0. The topological polar surface area (TPSA) is 93.4 Å². The molecule has 0 aliphatic carbocycles. The molecule has 6 aromatic rings. The summed E-state index contributed by atoms with van der Waals surface area (Å²) in [5.74, 6) is 0.960. The number of halogens is 1. The Hall–Kier alpha value is -4.43. The molecule has 0 aliphatic heterocycles. The Kier molecular flexibility index (Phi) is 6.16. The average Bonchev–Trinajstić information content (AvgIpc) is 3.65. The van der Waals surface area contributed by atoms with Crippen molar-refractivity contribution in [2.24, 2.45) is 0 Å². The molecule has 3 aromatic carbocycles. The van der Waals surface area contributed by atoms with Crippen LogP contribution in [0.5, 0.6) is 0 Å². The van der Waals surface area contributed by atoms with Crippen molar-refractivity contribution in [1.82, 2.24) is 29.3 Å². The average molecular weight is 510 g/mol. The predicted octanol–water partition coefficient (Wildman–Crippen LogP) is 5.70. The Morgan fingerprint density at radius 3 is 2.73 bits per heavy atom. The molecule has 3 aromatic heterocycles. The first kappa shape index (κ1) is 23.0. The molecule has 0 aliphatic rings. The summed E-state index contributed by atoms with van der Waals surface area (Å²) in [5, 5.41) is 11.5. The second kappa shape index (κ2) is 9.91. The summed E-state index contributed by atoms with van der Waals surface area (Å²) in [4.78, 5) is 22.3. The molecule has 0 spiro atoms. The number of nitrogens with zero attached hydrogens (tertiary/aromatic N) is 5. The van der Waals surface area contributed by atoms with Gasteiger partial charge in [-0.05, 0) is 54.4 Å². The number of amides is 1. The van der Waals surface area contributed by atoms with Gasteiger partial charge in [-0.2, -0.15) is 5.10 Å². The van der Waals surface area contributed by atoms with Gasteiger partial charge in [0.15, 0.2) is 0 Å². The van der Waals surface area contributed by atoms with Crippen molar-refractivity contribution in [2.75, 3.05) is 5.32 Å². The minimum atomic E-state index is -0.269. The van der Waals surface area contributed by atoms with E-state index in [4.69, 9.17) is 11.6 Å². The van der Waals surface area contributed by atoms with E-state index in [9.17, 15) is 4.79 Å². The Morgan fingerprint density at radius 1 is 1.00 bits per heavy atom. The number of H-pyrrole nitrogens is 1. The van der Waals surface area contributed by atoms with Crippen molar-refractivity contribution in [2.45, 2.75) is 25.9 Å². The van der Waals surface area contributed by atoms with Gasteiger partial charge in [-0.1, -0.05) is 41.9 Å². The van der Waals surface area contributed by atoms with E-state index in [1.54, 1.807) is 6.07 Å². The van der Waals surface area contributed by atoms with E-state index in [0.29, 0.717) is 23.1 Å². The molecule has 0 atom stereocenters. The fraction of sp³-hybridized carbons (Fsp3) is 0.143. The summed E-state index contributed by atoms with van der Waals surface area (Å²) < 4.78 is 4.12. The first-order valence-corrected chi connectivity index (χ1v) is 12.5. The molecule has 0 saturated carbocycles. The number of aromatic amines is 1. The predicted molar refractivity (Wildman–Crippen MR) is 145 cm³/mol. The molecule has 8 nitrogen and oxygen atoms in total. The van der Waals surface area contributed by atoms with E-state index in [1.165, 1.54) is 6.33 Å². The standard InChI is InChI=1S/C28H24ClN7O/c29-21-8-10-23-25(16-21)36(17-19-5-2-1-3-6-19)27(33-23)28(37)32-22-9-11-24-20(15-22)12-14-35(24)13-4-7-26-30-18-31-34-26/h1-3,5-6,8-12,14-16,18H,4,7,13,17H2,(H,32,37)(H,30,31,34). The number of benzene rings is 3. The quantitative estimate of drug-likeness (QED) is 0.275. The minimum Gasteiger partial charge on any atom is -0.347 e. The monoisotopic (exact) mass is 509 g/mol. The van der Waals surface area contributed by atoms with Crippen LogP contribution in [-0.2, 0) is 19.5 Å². The summed E-state index contributed by atoms with van der Waals surface area (Å²) >= 11 is 6.28. The lowest BCUT2D eigenvalue weighted by Gasteiger charge is -2.11. The third-order valence-electron chi connectivity index (χ3n) is 6.40. The van der Waals surface area contributed by atoms with Crippen molar-refractivity contribution in [3.05, 3.63) is 108 Å². The zero-order valence-electron chi connectivity index (χ0n) is 19.9. The SMILES string of the molecule is O=C(Nc1ccc2c(ccn2CCCc2ncn[nH]2)c1)c1nc2ccc(Cl)cc2n1Cc1ccccc1. The molecule has 37 heavy (non-hydrogen) atoms. The molecular weight excluding hydrogens is 486 g/mol. The number of carbonyl (C=O) groups is 1. The first-order chi connectivity index (χ1) is 18.1. The van der Waals surface area contributed by atoms with Crippen molar-refractivity contribution >= 4 is 45.1 Å². The lowest BCUT2D eigenvalue weighted by Crippen LogP contribution is -2.18. The van der Waals surface area contributed by atoms with Crippen LogP contribution < -0.4 is 5.32 Å². The Balaban J connectivity index is 1.24. The van der Waals surface area contributed by atoms with Gasteiger partial charge < -0.3 is 14.5 Å². The smallest absolute Gasteiger partial charge is 0.291 e. The van der Waals surface area contributed by atoms with E-state index < -0.39 is 0 Å². The molecule has 0 radical (unpaired) electrons. The van der Waals surface area contributed by atoms with Gasteiger partial charge in [0, 0.05) is 47.3 Å². The summed E-state index contributed by atoms with van der Waals surface area (Å²) in [6.45, 7) is 1.37. The van der Waals surface area contributed by atoms with E-state index in [1.807, 2.05) is 65.2 Å². The number of hydrogen-bond acceptors (Lipinski definition) is 4. The second-order valence-electron chi connectivity index (χ2n) is 8.91. The van der Waals surface area contributed by atoms with E-state index in [0.717, 1.165) is 52.7 Å². The van der Waals surface area contributed by atoms with Crippen LogP contribution in [0.4, 0.5) is 5.69 Å². The molecule has 0 bridgehead atoms. The van der Waals surface area contributed by atoms with Gasteiger partial charge in [-0.3, -0.25) is 9.89 Å². The highest BCUT2D eigenvalue weighted by molar-refractivity contribution is 6.31.